The zero-order valence-electron chi connectivity index (χ0n) is 30.0. The zero-order valence-corrected chi connectivity index (χ0v) is 30.0. The maximum atomic E-state index is 14.6. The van der Waals surface area contributed by atoms with Gasteiger partial charge in [-0.1, -0.05) is 25.0 Å². The highest BCUT2D eigenvalue weighted by molar-refractivity contribution is 6.11. The molecule has 5 atom stereocenters. The van der Waals surface area contributed by atoms with Gasteiger partial charge in [-0.2, -0.15) is 0 Å². The minimum atomic E-state index is -1.31. The van der Waals surface area contributed by atoms with E-state index in [0.717, 1.165) is 19.3 Å². The number of allylic oxidation sites excluding steroid dienone is 1. The second-order valence-corrected chi connectivity index (χ2v) is 15.3. The van der Waals surface area contributed by atoms with Crippen LogP contribution in [0.3, 0.4) is 0 Å². The molecule has 1 spiro atoms. The molecule has 4 aliphatic rings. The van der Waals surface area contributed by atoms with Crippen LogP contribution in [-0.2, 0) is 23.9 Å². The maximum absolute atomic E-state index is 14.6. The average molecular weight is 705 g/mol. The number of nitrogens with zero attached hydrogens (tertiary/aromatic N) is 2. The zero-order chi connectivity index (χ0) is 36.7. The molecule has 3 N–H and O–H groups in total. The molecule has 0 radical (unpaired) electrons. The summed E-state index contributed by atoms with van der Waals surface area (Å²) in [4.78, 5) is 75.7. The number of esters is 1. The molecule has 1 aliphatic carbocycles. The first-order valence-electron chi connectivity index (χ1n) is 18.0. The number of pyridine rings is 1. The standard InChI is InChI=1S/C38H48N4O9/c1-6-49-34(47)38-17-16-23(38)12-10-8-7-9-11-13-27(40-35(48)51-36(3,4)5)33(46)42-21-37(19-28(42)32(45)41-38)20-29(44)30-25-18-24(43)14-15-26(25)39-22(2)31(30)50-37/h10,12,14-15,18,23,27-28,43H,6-9,11,13,16-17,19-21H2,1-5H3,(H,40,48)(H,41,45). The lowest BCUT2D eigenvalue weighted by Gasteiger charge is -2.47. The Kier molecular flexibility index (Phi) is 9.77. The summed E-state index contributed by atoms with van der Waals surface area (Å²) in [6, 6.07) is 2.43. The smallest absolute Gasteiger partial charge is 0.408 e. The molecule has 5 unspecified atom stereocenters. The Morgan fingerprint density at radius 2 is 1.94 bits per heavy atom. The summed E-state index contributed by atoms with van der Waals surface area (Å²) < 4.78 is 17.7. The Balaban J connectivity index is 1.40. The molecule has 1 aromatic heterocycles. The molecule has 4 heterocycles. The molecular weight excluding hydrogens is 656 g/mol. The molecule has 51 heavy (non-hydrogen) atoms. The summed E-state index contributed by atoms with van der Waals surface area (Å²) in [5, 5.41) is 16.4. The Morgan fingerprint density at radius 3 is 2.65 bits per heavy atom. The quantitative estimate of drug-likeness (QED) is 0.298. The number of ether oxygens (including phenoxy) is 3. The number of carbonyl (C=O) groups excluding carboxylic acids is 5. The van der Waals surface area contributed by atoms with Crippen LogP contribution in [0.25, 0.3) is 10.9 Å². The van der Waals surface area contributed by atoms with Crippen molar-refractivity contribution in [2.45, 2.75) is 121 Å². The van der Waals surface area contributed by atoms with E-state index in [-0.39, 0.29) is 54.8 Å². The number of alkyl carbamates (subject to hydrolysis) is 1. The largest absolute Gasteiger partial charge is 0.508 e. The molecule has 274 valence electrons. The number of carbonyl (C=O) groups is 5. The van der Waals surface area contributed by atoms with Gasteiger partial charge >= 0.3 is 12.1 Å². The average Bonchev–Trinajstić information content (AvgIpc) is 3.40. The molecule has 13 nitrogen and oxygen atoms in total. The van der Waals surface area contributed by atoms with Crippen molar-refractivity contribution in [3.8, 4) is 11.5 Å². The van der Waals surface area contributed by atoms with Crippen LogP contribution in [0.2, 0.25) is 0 Å². The Labute approximate surface area is 297 Å². The highest BCUT2D eigenvalue weighted by Crippen LogP contribution is 2.46. The molecule has 0 bridgehead atoms. The minimum Gasteiger partial charge on any atom is -0.508 e. The summed E-state index contributed by atoms with van der Waals surface area (Å²) in [5.74, 6) is -1.98. The van der Waals surface area contributed by atoms with Gasteiger partial charge in [0.1, 0.15) is 34.6 Å². The van der Waals surface area contributed by atoms with Crippen molar-refractivity contribution in [1.82, 2.24) is 20.5 Å². The van der Waals surface area contributed by atoms with Gasteiger partial charge in [0.15, 0.2) is 11.5 Å². The van der Waals surface area contributed by atoms with E-state index in [4.69, 9.17) is 14.2 Å². The summed E-state index contributed by atoms with van der Waals surface area (Å²) in [6.07, 6.45) is 7.39. The van der Waals surface area contributed by atoms with Crippen molar-refractivity contribution in [2.24, 2.45) is 5.92 Å². The van der Waals surface area contributed by atoms with Gasteiger partial charge in [-0.25, -0.2) is 14.6 Å². The topological polar surface area (TPSA) is 173 Å². The monoisotopic (exact) mass is 704 g/mol. The number of hydrogen-bond donors (Lipinski definition) is 3. The SMILES string of the molecule is CCOC(=O)C12CCC1C=CCCCCCC(NC(=O)OC(C)(C)C)C(=O)N1CC3(CC(=O)c4c(c(C)nc5ccc(O)cc45)O3)CC1C(=O)N2. The van der Waals surface area contributed by atoms with Gasteiger partial charge in [0.25, 0.3) is 0 Å². The van der Waals surface area contributed by atoms with Crippen molar-refractivity contribution >= 4 is 40.6 Å². The van der Waals surface area contributed by atoms with Crippen LogP contribution in [0.1, 0.15) is 102 Å². The summed E-state index contributed by atoms with van der Waals surface area (Å²) in [7, 11) is 0. The molecule has 6 rings (SSSR count). The summed E-state index contributed by atoms with van der Waals surface area (Å²) in [5.41, 5.74) is -2.16. The number of phenolic OH excluding ortho intramolecular Hbond substituents is 1. The van der Waals surface area contributed by atoms with Gasteiger partial charge in [-0.3, -0.25) is 14.4 Å². The van der Waals surface area contributed by atoms with E-state index in [1.165, 1.54) is 17.0 Å². The first-order valence-corrected chi connectivity index (χ1v) is 18.0. The van der Waals surface area contributed by atoms with E-state index in [0.29, 0.717) is 42.3 Å². The molecule has 1 aromatic carbocycles. The van der Waals surface area contributed by atoms with Crippen molar-refractivity contribution in [2.75, 3.05) is 13.2 Å². The molecular formula is C38H48N4O9. The Bertz CT molecular complexity index is 1780. The number of aromatic nitrogens is 1. The summed E-state index contributed by atoms with van der Waals surface area (Å²) in [6.45, 7) is 8.62. The fourth-order valence-corrected chi connectivity index (χ4v) is 7.85. The number of Topliss-reactive ketones (excluding diaryl/α,β-unsaturated/α-hetero) is 1. The molecule has 13 heteroatoms. The Hall–Kier alpha value is -4.68. The third-order valence-corrected chi connectivity index (χ3v) is 10.3. The van der Waals surface area contributed by atoms with Crippen LogP contribution in [0.4, 0.5) is 4.79 Å². The first kappa shape index (κ1) is 36.1. The number of fused-ring (bicyclic) bond motifs is 5. The predicted octanol–water partition coefficient (Wildman–Crippen LogP) is 4.80. The third-order valence-electron chi connectivity index (χ3n) is 10.3. The van der Waals surface area contributed by atoms with Crippen molar-refractivity contribution in [3.63, 3.8) is 0 Å². The van der Waals surface area contributed by atoms with Crippen molar-refractivity contribution in [1.29, 1.82) is 0 Å². The number of benzene rings is 1. The molecule has 2 fully saturated rings. The summed E-state index contributed by atoms with van der Waals surface area (Å²) >= 11 is 0. The molecule has 3 aliphatic heterocycles. The lowest BCUT2D eigenvalue weighted by Crippen LogP contribution is -2.67. The number of nitrogens with one attached hydrogen (secondary N) is 2. The van der Waals surface area contributed by atoms with E-state index in [1.54, 1.807) is 40.7 Å². The lowest BCUT2D eigenvalue weighted by atomic mass is 9.66. The van der Waals surface area contributed by atoms with Crippen LogP contribution in [0, 0.1) is 12.8 Å². The van der Waals surface area contributed by atoms with E-state index in [2.05, 4.69) is 15.6 Å². The fourth-order valence-electron chi connectivity index (χ4n) is 7.85. The van der Waals surface area contributed by atoms with Crippen molar-refractivity contribution in [3.05, 3.63) is 41.6 Å². The number of rotatable bonds is 3. The third kappa shape index (κ3) is 7.12. The molecule has 3 amide bonds. The van der Waals surface area contributed by atoms with Gasteiger partial charge in [-0.15, -0.1) is 0 Å². The van der Waals surface area contributed by atoms with E-state index in [1.807, 2.05) is 12.2 Å². The van der Waals surface area contributed by atoms with Gasteiger partial charge in [-0.05, 0) is 84.9 Å². The van der Waals surface area contributed by atoms with E-state index in [9.17, 15) is 29.1 Å². The highest BCUT2D eigenvalue weighted by atomic mass is 16.6. The number of hydrogen-bond acceptors (Lipinski definition) is 10. The number of phenols is 1. The second-order valence-electron chi connectivity index (χ2n) is 15.3. The van der Waals surface area contributed by atoms with Crippen LogP contribution < -0.4 is 15.4 Å². The van der Waals surface area contributed by atoms with Crippen LogP contribution in [0.5, 0.6) is 11.5 Å². The maximum Gasteiger partial charge on any atom is 0.408 e. The van der Waals surface area contributed by atoms with Crippen LogP contribution in [-0.4, -0.2) is 86.6 Å². The van der Waals surface area contributed by atoms with E-state index < -0.39 is 52.7 Å². The number of amides is 3. The number of ketones is 1. The number of aromatic hydroxyl groups is 1. The van der Waals surface area contributed by atoms with Gasteiger partial charge < -0.3 is 34.9 Å². The van der Waals surface area contributed by atoms with Crippen molar-refractivity contribution < 1.29 is 43.3 Å². The van der Waals surface area contributed by atoms with E-state index >= 15 is 0 Å². The second kappa shape index (κ2) is 13.8. The number of aryl methyl sites for hydroxylation is 1. The molecule has 2 aromatic rings. The lowest BCUT2D eigenvalue weighted by molar-refractivity contribution is -0.161. The fraction of sp³-hybridized carbons (Fsp3) is 0.579. The highest BCUT2D eigenvalue weighted by Gasteiger charge is 2.59. The van der Waals surface area contributed by atoms with Crippen LogP contribution >= 0.6 is 0 Å². The normalized spacial score (nSPS) is 28.3. The first-order chi connectivity index (χ1) is 24.1. The van der Waals surface area contributed by atoms with Gasteiger partial charge in [0, 0.05) is 17.7 Å². The van der Waals surface area contributed by atoms with Gasteiger partial charge in [0.2, 0.25) is 11.8 Å². The Morgan fingerprint density at radius 1 is 1.16 bits per heavy atom. The van der Waals surface area contributed by atoms with Crippen LogP contribution in [0.15, 0.2) is 30.4 Å². The predicted molar refractivity (Wildman–Crippen MR) is 186 cm³/mol. The van der Waals surface area contributed by atoms with Gasteiger partial charge in [0.05, 0.1) is 36.3 Å². The minimum absolute atomic E-state index is 0.0272. The molecule has 1 saturated carbocycles. The molecule has 1 saturated heterocycles.